The molecule has 140 valence electrons. The molecule has 1 atom stereocenters. The number of piperidine rings is 1. The van der Waals surface area contributed by atoms with E-state index >= 15 is 0 Å². The van der Waals surface area contributed by atoms with Gasteiger partial charge in [-0.3, -0.25) is 0 Å². The zero-order valence-electron chi connectivity index (χ0n) is 15.5. The molecule has 1 aliphatic rings. The molecule has 1 aliphatic heterocycles. The molecule has 0 amide bonds. The molecule has 0 bridgehead atoms. The fourth-order valence-electron chi connectivity index (χ4n) is 3.70. The second-order valence-electron chi connectivity index (χ2n) is 7.06. The van der Waals surface area contributed by atoms with E-state index in [4.69, 9.17) is 5.11 Å². The third kappa shape index (κ3) is 3.32. The first-order valence-electron chi connectivity index (χ1n) is 9.26. The molecule has 2 N–H and O–H groups in total. The molecule has 27 heavy (non-hydrogen) atoms. The monoisotopic (exact) mass is 365 g/mol. The van der Waals surface area contributed by atoms with Crippen LogP contribution in [0.4, 0.5) is 17.3 Å². The first kappa shape index (κ1) is 17.3. The van der Waals surface area contributed by atoms with Crippen molar-refractivity contribution in [3.63, 3.8) is 0 Å². The average Bonchev–Trinajstić information content (AvgIpc) is 3.07. The van der Waals surface area contributed by atoms with Gasteiger partial charge in [-0.2, -0.15) is 4.98 Å². The topological polar surface area (TPSA) is 82.8 Å². The minimum atomic E-state index is -0.942. The van der Waals surface area contributed by atoms with Crippen LogP contribution in [0, 0.1) is 6.92 Å². The summed E-state index contributed by atoms with van der Waals surface area (Å²) < 4.78 is 1.87. The fraction of sp³-hybridized carbons (Fsp3) is 0.350. The number of hydrogen-bond acceptors (Lipinski definition) is 5. The van der Waals surface area contributed by atoms with Crippen molar-refractivity contribution < 1.29 is 9.90 Å². The van der Waals surface area contributed by atoms with Gasteiger partial charge in [0.15, 0.2) is 5.65 Å². The predicted molar refractivity (Wildman–Crippen MR) is 105 cm³/mol. The second-order valence-corrected chi connectivity index (χ2v) is 7.06. The van der Waals surface area contributed by atoms with Crippen LogP contribution < -0.4 is 10.2 Å². The maximum absolute atomic E-state index is 11.0. The number of nitrogens with zero attached hydrogens (tertiary/aromatic N) is 4. The third-order valence-corrected chi connectivity index (χ3v) is 5.21. The van der Waals surface area contributed by atoms with E-state index in [0.717, 1.165) is 23.6 Å². The molecule has 0 spiro atoms. The number of pyridine rings is 1. The summed E-state index contributed by atoms with van der Waals surface area (Å²) in [5.41, 5.74) is 4.06. The van der Waals surface area contributed by atoms with Gasteiger partial charge >= 0.3 is 5.97 Å². The Morgan fingerprint density at radius 1 is 1.19 bits per heavy atom. The van der Waals surface area contributed by atoms with Crippen LogP contribution in [0.15, 0.2) is 36.4 Å². The van der Waals surface area contributed by atoms with Crippen molar-refractivity contribution in [2.75, 3.05) is 16.8 Å². The number of carbonyl (C=O) groups is 1. The van der Waals surface area contributed by atoms with E-state index in [1.54, 1.807) is 24.3 Å². The number of hydrogen-bond donors (Lipinski definition) is 2. The van der Waals surface area contributed by atoms with Crippen molar-refractivity contribution in [1.29, 1.82) is 0 Å². The number of anilines is 3. The molecule has 3 aromatic rings. The zero-order valence-corrected chi connectivity index (χ0v) is 15.5. The van der Waals surface area contributed by atoms with Crippen molar-refractivity contribution in [2.45, 2.75) is 39.2 Å². The van der Waals surface area contributed by atoms with E-state index in [-0.39, 0.29) is 5.56 Å². The molecular weight excluding hydrogens is 342 g/mol. The molecule has 1 fully saturated rings. The van der Waals surface area contributed by atoms with Crippen molar-refractivity contribution >= 4 is 28.9 Å². The standard InChI is InChI=1S/C20H23N5O2/c1-13-5-3-4-12-24(13)17-10-11-18-22-20(23-25(18)14(17)2)21-16-8-6-15(7-9-16)19(26)27/h6-11,13H,3-5,12H2,1-2H3,(H,21,23)(H,26,27). The van der Waals surface area contributed by atoms with Crippen molar-refractivity contribution in [2.24, 2.45) is 0 Å². The minimum Gasteiger partial charge on any atom is -0.478 e. The van der Waals surface area contributed by atoms with Crippen molar-refractivity contribution in [3.8, 4) is 0 Å². The summed E-state index contributed by atoms with van der Waals surface area (Å²) in [7, 11) is 0. The fourth-order valence-corrected chi connectivity index (χ4v) is 3.70. The van der Waals surface area contributed by atoms with Gasteiger partial charge in [0.05, 0.1) is 16.9 Å². The minimum absolute atomic E-state index is 0.250. The van der Waals surface area contributed by atoms with Crippen LogP contribution in [0.2, 0.25) is 0 Å². The van der Waals surface area contributed by atoms with E-state index in [9.17, 15) is 4.79 Å². The Kier molecular flexibility index (Phi) is 4.43. The SMILES string of the molecule is Cc1c(N2CCCCC2C)ccc2nc(Nc3ccc(C(=O)O)cc3)nn12. The summed E-state index contributed by atoms with van der Waals surface area (Å²) in [5, 5.41) is 16.7. The summed E-state index contributed by atoms with van der Waals surface area (Å²) in [6.45, 7) is 5.42. The Bertz CT molecular complexity index is 980. The number of nitrogens with one attached hydrogen (secondary N) is 1. The van der Waals surface area contributed by atoms with Crippen LogP contribution in [0.5, 0.6) is 0 Å². The molecule has 0 aliphatic carbocycles. The molecule has 7 nitrogen and oxygen atoms in total. The molecule has 0 radical (unpaired) electrons. The molecular formula is C20H23N5O2. The third-order valence-electron chi connectivity index (χ3n) is 5.21. The van der Waals surface area contributed by atoms with Gasteiger partial charge in [-0.1, -0.05) is 0 Å². The maximum Gasteiger partial charge on any atom is 0.335 e. The lowest BCUT2D eigenvalue weighted by molar-refractivity contribution is 0.0697. The van der Waals surface area contributed by atoms with Gasteiger partial charge in [0.25, 0.3) is 0 Å². The molecule has 1 unspecified atom stereocenters. The highest BCUT2D eigenvalue weighted by Crippen LogP contribution is 2.28. The quantitative estimate of drug-likeness (QED) is 0.730. The zero-order chi connectivity index (χ0) is 19.0. The number of carboxylic acids is 1. The molecule has 1 aromatic carbocycles. The predicted octanol–water partition coefficient (Wildman–Crippen LogP) is 3.86. The van der Waals surface area contributed by atoms with Crippen LogP contribution in [-0.4, -0.2) is 38.3 Å². The second kappa shape index (κ2) is 6.90. The van der Waals surface area contributed by atoms with Gasteiger partial charge in [-0.15, -0.1) is 5.10 Å². The summed E-state index contributed by atoms with van der Waals surface area (Å²) in [4.78, 5) is 18.0. The van der Waals surface area contributed by atoms with Gasteiger partial charge in [0.1, 0.15) is 0 Å². The number of aryl methyl sites for hydroxylation is 1. The summed E-state index contributed by atoms with van der Waals surface area (Å²) in [6.07, 6.45) is 3.73. The molecule has 2 aromatic heterocycles. The van der Waals surface area contributed by atoms with Crippen LogP contribution >= 0.6 is 0 Å². The lowest BCUT2D eigenvalue weighted by Crippen LogP contribution is -2.38. The van der Waals surface area contributed by atoms with Gasteiger partial charge < -0.3 is 15.3 Å². The first-order chi connectivity index (χ1) is 13.0. The Morgan fingerprint density at radius 3 is 2.67 bits per heavy atom. The first-order valence-corrected chi connectivity index (χ1v) is 9.26. The highest BCUT2D eigenvalue weighted by atomic mass is 16.4. The molecule has 4 rings (SSSR count). The van der Waals surface area contributed by atoms with E-state index in [0.29, 0.717) is 12.0 Å². The Morgan fingerprint density at radius 2 is 1.96 bits per heavy atom. The lowest BCUT2D eigenvalue weighted by atomic mass is 10.0. The van der Waals surface area contributed by atoms with Crippen molar-refractivity contribution in [1.82, 2.24) is 14.6 Å². The Balaban J connectivity index is 1.62. The molecule has 3 heterocycles. The van der Waals surface area contributed by atoms with Crippen LogP contribution in [-0.2, 0) is 0 Å². The average molecular weight is 365 g/mol. The normalized spacial score (nSPS) is 17.3. The summed E-state index contributed by atoms with van der Waals surface area (Å²) >= 11 is 0. The molecule has 7 heteroatoms. The largest absolute Gasteiger partial charge is 0.478 e. The van der Waals surface area contributed by atoms with Gasteiger partial charge in [-0.05, 0) is 69.5 Å². The van der Waals surface area contributed by atoms with E-state index in [1.165, 1.54) is 24.9 Å². The van der Waals surface area contributed by atoms with Crippen LogP contribution in [0.25, 0.3) is 5.65 Å². The van der Waals surface area contributed by atoms with E-state index in [2.05, 4.69) is 40.2 Å². The maximum atomic E-state index is 11.0. The van der Waals surface area contributed by atoms with Gasteiger partial charge in [-0.25, -0.2) is 9.31 Å². The van der Waals surface area contributed by atoms with E-state index < -0.39 is 5.97 Å². The summed E-state index contributed by atoms with van der Waals surface area (Å²) in [5.74, 6) is -0.451. The Labute approximate surface area is 157 Å². The number of carboxylic acid groups (broad SMARTS) is 1. The number of fused-ring (bicyclic) bond motifs is 1. The van der Waals surface area contributed by atoms with Gasteiger partial charge in [0.2, 0.25) is 5.95 Å². The summed E-state index contributed by atoms with van der Waals surface area (Å²) in [6, 6.07) is 11.2. The molecule has 0 saturated carbocycles. The lowest BCUT2D eigenvalue weighted by Gasteiger charge is -2.36. The number of aromatic nitrogens is 3. The number of aromatic carboxylic acids is 1. The van der Waals surface area contributed by atoms with Crippen LogP contribution in [0.3, 0.4) is 0 Å². The number of benzene rings is 1. The number of rotatable bonds is 4. The van der Waals surface area contributed by atoms with Gasteiger partial charge in [0, 0.05) is 18.3 Å². The smallest absolute Gasteiger partial charge is 0.335 e. The van der Waals surface area contributed by atoms with E-state index in [1.807, 2.05) is 10.6 Å². The van der Waals surface area contributed by atoms with Crippen molar-refractivity contribution in [3.05, 3.63) is 47.7 Å². The van der Waals surface area contributed by atoms with Crippen LogP contribution in [0.1, 0.15) is 42.2 Å². The highest BCUT2D eigenvalue weighted by molar-refractivity contribution is 5.88. The highest BCUT2D eigenvalue weighted by Gasteiger charge is 2.21. The molecule has 1 saturated heterocycles. The Hall–Kier alpha value is -3.09.